The van der Waals surface area contributed by atoms with Gasteiger partial charge in [-0.3, -0.25) is 0 Å². The highest BCUT2D eigenvalue weighted by Crippen LogP contribution is 2.34. The lowest BCUT2D eigenvalue weighted by Crippen LogP contribution is -2.18. The van der Waals surface area contributed by atoms with E-state index >= 15 is 0 Å². The van der Waals surface area contributed by atoms with Gasteiger partial charge in [0.05, 0.1) is 22.6 Å². The zero-order valence-electron chi connectivity index (χ0n) is 15.5. The van der Waals surface area contributed by atoms with Gasteiger partial charge in [0.25, 0.3) is 0 Å². The van der Waals surface area contributed by atoms with Crippen molar-refractivity contribution in [1.29, 1.82) is 0 Å². The summed E-state index contributed by atoms with van der Waals surface area (Å²) in [6, 6.07) is 5.83. The largest absolute Gasteiger partial charge is 0.573 e. The van der Waals surface area contributed by atoms with E-state index in [-0.39, 0.29) is 23.0 Å². The van der Waals surface area contributed by atoms with Crippen molar-refractivity contribution in [2.75, 3.05) is 5.32 Å². The number of carbonyl (C=O) groups is 1. The van der Waals surface area contributed by atoms with Crippen molar-refractivity contribution in [2.45, 2.75) is 19.1 Å². The van der Waals surface area contributed by atoms with E-state index in [2.05, 4.69) is 36.0 Å². The molecular formula is C18H11BrF6N4O3. The third kappa shape index (κ3) is 6.12. The summed E-state index contributed by atoms with van der Waals surface area (Å²) in [6.07, 6.45) is -7.65. The molecule has 0 aliphatic rings. The van der Waals surface area contributed by atoms with Gasteiger partial charge in [-0.25, -0.2) is 14.8 Å². The molecule has 170 valence electrons. The Hall–Kier alpha value is -3.29. The van der Waals surface area contributed by atoms with Gasteiger partial charge in [-0.05, 0) is 30.3 Å². The molecule has 0 atom stereocenters. The van der Waals surface area contributed by atoms with E-state index in [1.165, 1.54) is 18.2 Å². The van der Waals surface area contributed by atoms with Gasteiger partial charge in [0.2, 0.25) is 5.95 Å². The first-order valence-electron chi connectivity index (χ1n) is 8.47. The standard InChI is InChI=1S/C18H11BrF6N4O3/c19-10-1-2-14(32-18(23,24)25)12(6-10)28-16-26-4-3-11(27-16)13-5-9(15(30)31)7-29(13)8-17(20,21)22/h1-7H,8H2,(H,30,31)(H,26,27,28). The number of rotatable bonds is 6. The predicted octanol–water partition coefficient (Wildman–Crippen LogP) is 5.61. The molecule has 0 radical (unpaired) electrons. The minimum Gasteiger partial charge on any atom is -0.478 e. The minimum atomic E-state index is -4.97. The molecule has 0 fully saturated rings. The van der Waals surface area contributed by atoms with Gasteiger partial charge >= 0.3 is 18.5 Å². The number of carboxylic acids is 1. The maximum absolute atomic E-state index is 12.9. The smallest absolute Gasteiger partial charge is 0.478 e. The van der Waals surface area contributed by atoms with E-state index in [9.17, 15) is 31.1 Å². The molecule has 0 aliphatic heterocycles. The maximum atomic E-state index is 12.9. The molecule has 32 heavy (non-hydrogen) atoms. The fourth-order valence-corrected chi connectivity index (χ4v) is 3.02. The number of halogens is 7. The first-order chi connectivity index (χ1) is 14.8. The zero-order chi connectivity index (χ0) is 23.7. The van der Waals surface area contributed by atoms with Crippen molar-refractivity contribution in [2.24, 2.45) is 0 Å². The van der Waals surface area contributed by atoms with Gasteiger partial charge in [0.15, 0.2) is 5.75 Å². The van der Waals surface area contributed by atoms with Crippen LogP contribution in [0.1, 0.15) is 10.4 Å². The van der Waals surface area contributed by atoms with Crippen molar-refractivity contribution in [1.82, 2.24) is 14.5 Å². The highest BCUT2D eigenvalue weighted by molar-refractivity contribution is 9.10. The Kier molecular flexibility index (Phi) is 6.34. The lowest BCUT2D eigenvalue weighted by atomic mass is 10.2. The fraction of sp³-hybridized carbons (Fsp3) is 0.167. The molecule has 2 N–H and O–H groups in total. The summed E-state index contributed by atoms with van der Waals surface area (Å²) in [6.45, 7) is -1.47. The van der Waals surface area contributed by atoms with Gasteiger partial charge in [-0.1, -0.05) is 15.9 Å². The van der Waals surface area contributed by atoms with E-state index in [0.29, 0.717) is 9.04 Å². The van der Waals surface area contributed by atoms with Gasteiger partial charge in [0, 0.05) is 16.9 Å². The Labute approximate surface area is 183 Å². The Morgan fingerprint density at radius 3 is 2.50 bits per heavy atom. The number of hydrogen-bond donors (Lipinski definition) is 2. The lowest BCUT2D eigenvalue weighted by molar-refractivity contribution is -0.274. The average molecular weight is 525 g/mol. The van der Waals surface area contributed by atoms with Crippen molar-refractivity contribution in [3.05, 3.63) is 52.8 Å². The van der Waals surface area contributed by atoms with Crippen molar-refractivity contribution in [3.8, 4) is 17.1 Å². The first-order valence-corrected chi connectivity index (χ1v) is 9.26. The molecule has 1 aromatic carbocycles. The molecule has 0 saturated heterocycles. The highest BCUT2D eigenvalue weighted by atomic mass is 79.9. The second kappa shape index (κ2) is 8.68. The molecule has 3 rings (SSSR count). The number of aromatic carboxylic acids is 1. The number of carboxylic acid groups (broad SMARTS) is 1. The average Bonchev–Trinajstić information content (AvgIpc) is 3.05. The van der Waals surface area contributed by atoms with E-state index < -0.39 is 36.4 Å². The summed E-state index contributed by atoms with van der Waals surface area (Å²) < 4.78 is 81.7. The molecule has 2 heterocycles. The van der Waals surface area contributed by atoms with Crippen LogP contribution >= 0.6 is 15.9 Å². The lowest BCUT2D eigenvalue weighted by Gasteiger charge is -2.15. The van der Waals surface area contributed by atoms with Crippen LogP contribution in [0.4, 0.5) is 38.0 Å². The predicted molar refractivity (Wildman–Crippen MR) is 103 cm³/mol. The number of ether oxygens (including phenoxy) is 1. The van der Waals surface area contributed by atoms with Crippen LogP contribution in [0.15, 0.2) is 47.2 Å². The quantitative estimate of drug-likeness (QED) is 0.407. The summed E-state index contributed by atoms with van der Waals surface area (Å²) in [5, 5.41) is 11.6. The van der Waals surface area contributed by atoms with Crippen LogP contribution in [0.25, 0.3) is 11.4 Å². The summed E-state index contributed by atoms with van der Waals surface area (Å²) in [5.74, 6) is -2.30. The Balaban J connectivity index is 1.99. The van der Waals surface area contributed by atoms with Crippen molar-refractivity contribution in [3.63, 3.8) is 0 Å². The molecule has 2 aromatic heterocycles. The summed E-state index contributed by atoms with van der Waals surface area (Å²) in [4.78, 5) is 19.1. The second-order valence-corrected chi connectivity index (χ2v) is 7.16. The van der Waals surface area contributed by atoms with Gasteiger partial charge < -0.3 is 19.7 Å². The molecule has 0 bridgehead atoms. The fourth-order valence-electron chi connectivity index (χ4n) is 2.66. The van der Waals surface area contributed by atoms with Crippen LogP contribution in [0.2, 0.25) is 0 Å². The molecule has 7 nitrogen and oxygen atoms in total. The number of nitrogens with zero attached hydrogens (tertiary/aromatic N) is 3. The normalized spacial score (nSPS) is 12.0. The number of benzene rings is 1. The SMILES string of the molecule is O=C(O)c1cc(-c2ccnc(Nc3cc(Br)ccc3OC(F)(F)F)n2)n(CC(F)(F)F)c1. The van der Waals surface area contributed by atoms with Crippen molar-refractivity contribution < 1.29 is 41.0 Å². The van der Waals surface area contributed by atoms with E-state index in [4.69, 9.17) is 5.11 Å². The van der Waals surface area contributed by atoms with Crippen LogP contribution in [0.3, 0.4) is 0 Å². The Bertz CT molecular complexity index is 1150. The molecule has 0 unspecified atom stereocenters. The number of alkyl halides is 6. The molecule has 0 aliphatic carbocycles. The number of anilines is 2. The third-order valence-corrected chi connectivity index (χ3v) is 4.32. The molecule has 0 amide bonds. The zero-order valence-corrected chi connectivity index (χ0v) is 17.1. The third-order valence-electron chi connectivity index (χ3n) is 3.82. The molecule has 0 saturated carbocycles. The van der Waals surface area contributed by atoms with Crippen LogP contribution in [0, 0.1) is 0 Å². The first kappa shape index (κ1) is 23.4. The van der Waals surface area contributed by atoms with Gasteiger partial charge in [-0.2, -0.15) is 13.2 Å². The van der Waals surface area contributed by atoms with Crippen LogP contribution in [0.5, 0.6) is 5.75 Å². The molecular weight excluding hydrogens is 514 g/mol. The highest BCUT2D eigenvalue weighted by Gasteiger charge is 2.32. The summed E-state index contributed by atoms with van der Waals surface area (Å²) in [5.41, 5.74) is -0.838. The summed E-state index contributed by atoms with van der Waals surface area (Å²) in [7, 11) is 0. The van der Waals surface area contributed by atoms with E-state index in [1.54, 1.807) is 0 Å². The van der Waals surface area contributed by atoms with Crippen molar-refractivity contribution >= 4 is 33.5 Å². The topological polar surface area (TPSA) is 89.3 Å². The summed E-state index contributed by atoms with van der Waals surface area (Å²) >= 11 is 3.11. The number of aromatic nitrogens is 3. The van der Waals surface area contributed by atoms with Crippen LogP contribution < -0.4 is 10.1 Å². The van der Waals surface area contributed by atoms with E-state index in [1.807, 2.05) is 0 Å². The Morgan fingerprint density at radius 2 is 1.88 bits per heavy atom. The maximum Gasteiger partial charge on any atom is 0.573 e. The van der Waals surface area contributed by atoms with Gasteiger partial charge in [0.1, 0.15) is 6.54 Å². The molecule has 14 heteroatoms. The van der Waals surface area contributed by atoms with Crippen LogP contribution in [-0.4, -0.2) is 38.1 Å². The van der Waals surface area contributed by atoms with Gasteiger partial charge in [-0.15, -0.1) is 13.2 Å². The Morgan fingerprint density at radius 1 is 1.16 bits per heavy atom. The van der Waals surface area contributed by atoms with Crippen LogP contribution in [-0.2, 0) is 6.54 Å². The number of hydrogen-bond acceptors (Lipinski definition) is 5. The second-order valence-electron chi connectivity index (χ2n) is 6.24. The minimum absolute atomic E-state index is 0.0902. The molecule has 3 aromatic rings. The number of nitrogens with one attached hydrogen (secondary N) is 1. The van der Waals surface area contributed by atoms with E-state index in [0.717, 1.165) is 24.5 Å². The monoisotopic (exact) mass is 524 g/mol. The molecule has 0 spiro atoms.